The molecule has 1 aliphatic heterocycles. The van der Waals surface area contributed by atoms with Gasteiger partial charge in [0.2, 0.25) is 0 Å². The maximum Gasteiger partial charge on any atom is 0.0247 e. The molecule has 2 unspecified atom stereocenters. The summed E-state index contributed by atoms with van der Waals surface area (Å²) in [4.78, 5) is 2.65. The molecule has 1 saturated carbocycles. The van der Waals surface area contributed by atoms with E-state index in [4.69, 9.17) is 5.73 Å². The molecule has 1 heterocycles. The van der Waals surface area contributed by atoms with E-state index in [1.165, 1.54) is 58.0 Å². The normalized spacial score (nSPS) is 37.6. The van der Waals surface area contributed by atoms with Crippen LogP contribution in [-0.4, -0.2) is 30.1 Å². The summed E-state index contributed by atoms with van der Waals surface area (Å²) in [5.41, 5.74) is 6.17. The molecule has 0 amide bonds. The molecule has 13 heavy (non-hydrogen) atoms. The van der Waals surface area contributed by atoms with Gasteiger partial charge in [-0.1, -0.05) is 19.3 Å². The molecule has 2 N–H and O–H groups in total. The molecule has 76 valence electrons. The largest absolute Gasteiger partial charge is 0.326 e. The minimum Gasteiger partial charge on any atom is -0.326 e. The van der Waals surface area contributed by atoms with Gasteiger partial charge in [0.1, 0.15) is 0 Å². The van der Waals surface area contributed by atoms with Crippen molar-refractivity contribution in [1.29, 1.82) is 0 Å². The first-order chi connectivity index (χ1) is 6.38. The fraction of sp³-hybridized carbons (Fsp3) is 1.00. The van der Waals surface area contributed by atoms with Crippen LogP contribution >= 0.6 is 0 Å². The average Bonchev–Trinajstić information content (AvgIpc) is 2.20. The lowest BCUT2D eigenvalue weighted by Crippen LogP contribution is -2.51. The number of rotatable bonds is 1. The highest BCUT2D eigenvalue weighted by Gasteiger charge is 2.27. The average molecular weight is 182 g/mol. The molecular formula is C11H22N2. The summed E-state index contributed by atoms with van der Waals surface area (Å²) in [6, 6.07) is 1.18. The van der Waals surface area contributed by atoms with E-state index >= 15 is 0 Å². The van der Waals surface area contributed by atoms with Crippen molar-refractivity contribution in [3.8, 4) is 0 Å². The topological polar surface area (TPSA) is 29.3 Å². The van der Waals surface area contributed by atoms with Gasteiger partial charge in [-0.25, -0.2) is 0 Å². The first-order valence-electron chi connectivity index (χ1n) is 5.87. The molecule has 0 aromatic heterocycles. The Balaban J connectivity index is 1.88. The summed E-state index contributed by atoms with van der Waals surface area (Å²) >= 11 is 0. The minimum absolute atomic E-state index is 0.465. The summed E-state index contributed by atoms with van der Waals surface area (Å²) in [5.74, 6) is 0. The molecule has 0 aromatic carbocycles. The molecule has 2 aliphatic rings. The Kier molecular flexibility index (Phi) is 3.23. The molecule has 2 rings (SSSR count). The van der Waals surface area contributed by atoms with E-state index in [1.54, 1.807) is 0 Å². The zero-order valence-corrected chi connectivity index (χ0v) is 8.54. The SMILES string of the molecule is NC1CCCCC1N1CCCCC1. The summed E-state index contributed by atoms with van der Waals surface area (Å²) < 4.78 is 0. The van der Waals surface area contributed by atoms with Gasteiger partial charge < -0.3 is 5.73 Å². The third kappa shape index (κ3) is 2.23. The van der Waals surface area contributed by atoms with Gasteiger partial charge in [0.15, 0.2) is 0 Å². The van der Waals surface area contributed by atoms with Crippen molar-refractivity contribution in [2.24, 2.45) is 5.73 Å². The molecule has 0 bridgehead atoms. The van der Waals surface area contributed by atoms with Crippen molar-refractivity contribution < 1.29 is 0 Å². The van der Waals surface area contributed by atoms with Gasteiger partial charge >= 0.3 is 0 Å². The second-order valence-corrected chi connectivity index (χ2v) is 4.61. The predicted octanol–water partition coefficient (Wildman–Crippen LogP) is 1.74. The molecule has 0 aromatic rings. The van der Waals surface area contributed by atoms with Crippen molar-refractivity contribution >= 4 is 0 Å². The third-order valence-corrected chi connectivity index (χ3v) is 3.64. The van der Waals surface area contributed by atoms with E-state index in [-0.39, 0.29) is 0 Å². The second-order valence-electron chi connectivity index (χ2n) is 4.61. The van der Waals surface area contributed by atoms with E-state index in [0.29, 0.717) is 12.1 Å². The van der Waals surface area contributed by atoms with E-state index in [0.717, 1.165) is 0 Å². The fourth-order valence-corrected chi connectivity index (χ4v) is 2.84. The van der Waals surface area contributed by atoms with Crippen LogP contribution in [0.3, 0.4) is 0 Å². The number of nitrogens with two attached hydrogens (primary N) is 1. The number of piperidine rings is 1. The number of likely N-dealkylation sites (tertiary alicyclic amines) is 1. The molecule has 2 fully saturated rings. The second kappa shape index (κ2) is 4.43. The maximum absolute atomic E-state index is 6.17. The van der Waals surface area contributed by atoms with Crippen molar-refractivity contribution in [2.45, 2.75) is 57.0 Å². The van der Waals surface area contributed by atoms with Crippen LogP contribution in [0.1, 0.15) is 44.9 Å². The minimum atomic E-state index is 0.465. The quantitative estimate of drug-likeness (QED) is 0.669. The molecule has 0 radical (unpaired) electrons. The van der Waals surface area contributed by atoms with Crippen molar-refractivity contribution in [3.05, 3.63) is 0 Å². The van der Waals surface area contributed by atoms with Crippen LogP contribution in [0.5, 0.6) is 0 Å². The van der Waals surface area contributed by atoms with E-state index in [1.807, 2.05) is 0 Å². The van der Waals surface area contributed by atoms with E-state index in [2.05, 4.69) is 4.90 Å². The lowest BCUT2D eigenvalue weighted by atomic mass is 9.89. The molecule has 2 atom stereocenters. The van der Waals surface area contributed by atoms with Crippen molar-refractivity contribution in [2.75, 3.05) is 13.1 Å². The smallest absolute Gasteiger partial charge is 0.0247 e. The molecule has 1 saturated heterocycles. The highest BCUT2D eigenvalue weighted by atomic mass is 15.2. The summed E-state index contributed by atoms with van der Waals surface area (Å²) in [6.45, 7) is 2.61. The number of hydrogen-bond acceptors (Lipinski definition) is 2. The molecular weight excluding hydrogens is 160 g/mol. The van der Waals surface area contributed by atoms with E-state index < -0.39 is 0 Å². The molecule has 0 spiro atoms. The Morgan fingerprint density at radius 2 is 1.54 bits per heavy atom. The summed E-state index contributed by atoms with van der Waals surface area (Å²) in [6.07, 6.45) is 9.56. The Morgan fingerprint density at radius 3 is 2.23 bits per heavy atom. The van der Waals surface area contributed by atoms with Crippen LogP contribution < -0.4 is 5.73 Å². The predicted molar refractivity (Wildman–Crippen MR) is 55.7 cm³/mol. The third-order valence-electron chi connectivity index (χ3n) is 3.64. The molecule has 1 aliphatic carbocycles. The van der Waals surface area contributed by atoms with Gasteiger partial charge in [-0.3, -0.25) is 4.90 Å². The van der Waals surface area contributed by atoms with Crippen LogP contribution in [0, 0.1) is 0 Å². The van der Waals surface area contributed by atoms with Crippen molar-refractivity contribution in [1.82, 2.24) is 4.90 Å². The van der Waals surface area contributed by atoms with E-state index in [9.17, 15) is 0 Å². The zero-order chi connectivity index (χ0) is 9.10. The standard InChI is InChI=1S/C11H22N2/c12-10-6-2-3-7-11(10)13-8-4-1-5-9-13/h10-11H,1-9,12H2. The number of nitrogens with zero attached hydrogens (tertiary/aromatic N) is 1. The highest BCUT2D eigenvalue weighted by Crippen LogP contribution is 2.24. The highest BCUT2D eigenvalue weighted by molar-refractivity contribution is 4.86. The van der Waals surface area contributed by atoms with Gasteiger partial charge in [-0.15, -0.1) is 0 Å². The lowest BCUT2D eigenvalue weighted by molar-refractivity contribution is 0.115. The molecule has 2 heteroatoms. The van der Waals surface area contributed by atoms with Crippen molar-refractivity contribution in [3.63, 3.8) is 0 Å². The first-order valence-corrected chi connectivity index (χ1v) is 5.87. The van der Waals surface area contributed by atoms with Gasteiger partial charge in [0, 0.05) is 12.1 Å². The van der Waals surface area contributed by atoms with Gasteiger partial charge in [-0.2, -0.15) is 0 Å². The Bertz CT molecular complexity index is 152. The number of hydrogen-bond donors (Lipinski definition) is 1. The Hall–Kier alpha value is -0.0800. The van der Waals surface area contributed by atoms with Crippen LogP contribution in [0.25, 0.3) is 0 Å². The maximum atomic E-state index is 6.17. The Labute approximate surface area is 81.5 Å². The van der Waals surface area contributed by atoms with Crippen LogP contribution in [-0.2, 0) is 0 Å². The monoisotopic (exact) mass is 182 g/mol. The lowest BCUT2D eigenvalue weighted by Gasteiger charge is -2.40. The van der Waals surface area contributed by atoms with Crippen LogP contribution in [0.2, 0.25) is 0 Å². The van der Waals surface area contributed by atoms with Crippen LogP contribution in [0.15, 0.2) is 0 Å². The fourth-order valence-electron chi connectivity index (χ4n) is 2.84. The summed E-state index contributed by atoms with van der Waals surface area (Å²) in [7, 11) is 0. The Morgan fingerprint density at radius 1 is 0.846 bits per heavy atom. The zero-order valence-electron chi connectivity index (χ0n) is 8.54. The van der Waals surface area contributed by atoms with Gasteiger partial charge in [0.05, 0.1) is 0 Å². The van der Waals surface area contributed by atoms with Gasteiger partial charge in [-0.05, 0) is 38.8 Å². The van der Waals surface area contributed by atoms with Gasteiger partial charge in [0.25, 0.3) is 0 Å². The molecule has 2 nitrogen and oxygen atoms in total. The summed E-state index contributed by atoms with van der Waals surface area (Å²) in [5, 5.41) is 0. The first kappa shape index (κ1) is 9.47. The van der Waals surface area contributed by atoms with Crippen LogP contribution in [0.4, 0.5) is 0 Å².